The molecule has 0 spiro atoms. The number of nitrogens with one attached hydrogen (secondary N) is 1. The number of aromatic amines is 1. The van der Waals surface area contributed by atoms with Crippen LogP contribution in [0.3, 0.4) is 0 Å². The summed E-state index contributed by atoms with van der Waals surface area (Å²) >= 11 is 0. The third kappa shape index (κ3) is 4.23. The molecule has 0 radical (unpaired) electrons. The molecule has 3 aromatic heterocycles. The van der Waals surface area contributed by atoms with Crippen LogP contribution in [0.25, 0.3) is 0 Å². The number of hydrogen-bond acceptors (Lipinski definition) is 5. The number of rotatable bonds is 8. The number of aryl methyl sites for hydroxylation is 2. The average Bonchev–Trinajstić information content (AvgIpc) is 3.31. The second-order valence-electron chi connectivity index (χ2n) is 6.14. The van der Waals surface area contributed by atoms with Crippen molar-refractivity contribution in [3.05, 3.63) is 54.3 Å². The Morgan fingerprint density at radius 3 is 2.80 bits per heavy atom. The van der Waals surface area contributed by atoms with Gasteiger partial charge in [-0.05, 0) is 19.4 Å². The van der Waals surface area contributed by atoms with Crippen molar-refractivity contribution in [2.75, 3.05) is 11.4 Å². The quantitative estimate of drug-likeness (QED) is 0.683. The number of nitrogens with zero attached hydrogens (tertiary/aromatic N) is 6. The summed E-state index contributed by atoms with van der Waals surface area (Å²) in [6.45, 7) is 7.82. The van der Waals surface area contributed by atoms with Crippen LogP contribution < -0.4 is 4.90 Å². The van der Waals surface area contributed by atoms with Crippen LogP contribution in [0.1, 0.15) is 43.5 Å². The lowest BCUT2D eigenvalue weighted by Gasteiger charge is -2.28. The predicted molar refractivity (Wildman–Crippen MR) is 97.3 cm³/mol. The molecule has 3 rings (SSSR count). The molecule has 0 saturated carbocycles. The topological polar surface area (TPSA) is 75.5 Å². The minimum atomic E-state index is 0.276. The molecule has 3 heterocycles. The fraction of sp³-hybridized carbons (Fsp3) is 0.444. The first-order valence-corrected chi connectivity index (χ1v) is 8.75. The highest BCUT2D eigenvalue weighted by molar-refractivity contribution is 5.40. The van der Waals surface area contributed by atoms with E-state index in [4.69, 9.17) is 4.98 Å². The largest absolute Gasteiger partial charge is 0.348 e. The molecule has 7 nitrogen and oxygen atoms in total. The van der Waals surface area contributed by atoms with Gasteiger partial charge < -0.3 is 9.88 Å². The Bertz CT molecular complexity index is 765. The van der Waals surface area contributed by atoms with Crippen molar-refractivity contribution in [1.82, 2.24) is 29.7 Å². The van der Waals surface area contributed by atoms with E-state index in [2.05, 4.69) is 38.8 Å². The molecule has 0 aliphatic heterocycles. The van der Waals surface area contributed by atoms with Crippen LogP contribution in [0, 0.1) is 6.92 Å². The van der Waals surface area contributed by atoms with Crippen molar-refractivity contribution in [1.29, 1.82) is 0 Å². The Labute approximate surface area is 148 Å². The number of H-pyrrole nitrogens is 1. The lowest BCUT2D eigenvalue weighted by Crippen LogP contribution is -2.32. The molecule has 1 atom stereocenters. The molecule has 0 aromatic carbocycles. The number of anilines is 1. The molecule has 0 saturated heterocycles. The highest BCUT2D eigenvalue weighted by Crippen LogP contribution is 2.20. The third-order valence-electron chi connectivity index (χ3n) is 4.24. The Hall–Kier alpha value is -2.70. The minimum Gasteiger partial charge on any atom is -0.348 e. The zero-order chi connectivity index (χ0) is 17.6. The normalized spacial score (nSPS) is 12.3. The van der Waals surface area contributed by atoms with Crippen molar-refractivity contribution in [3.63, 3.8) is 0 Å². The van der Waals surface area contributed by atoms with Crippen molar-refractivity contribution >= 4 is 5.82 Å². The van der Waals surface area contributed by atoms with Crippen molar-refractivity contribution in [2.24, 2.45) is 0 Å². The standard InChI is InChI=1S/C18H25N7/c1-4-16(25-8-6-7-21-25)12-24(11-15-10-19-13-20-15)18-9-14(3)22-17(5-2)23-18/h6-10,13,16H,4-5,11-12H2,1-3H3,(H,19,20). The fourth-order valence-electron chi connectivity index (χ4n) is 2.90. The van der Waals surface area contributed by atoms with E-state index in [1.807, 2.05) is 42.3 Å². The first-order valence-electron chi connectivity index (χ1n) is 8.75. The molecule has 0 fully saturated rings. The van der Waals surface area contributed by atoms with E-state index in [1.54, 1.807) is 6.33 Å². The maximum absolute atomic E-state index is 4.75. The van der Waals surface area contributed by atoms with Crippen molar-refractivity contribution in [3.8, 4) is 0 Å². The summed E-state index contributed by atoms with van der Waals surface area (Å²) in [7, 11) is 0. The minimum absolute atomic E-state index is 0.276. The SMILES string of the molecule is CCc1nc(C)cc(N(Cc2cnc[nH]2)CC(CC)n2cccn2)n1. The molecule has 132 valence electrons. The third-order valence-corrected chi connectivity index (χ3v) is 4.24. The van der Waals surface area contributed by atoms with Crippen molar-refractivity contribution < 1.29 is 0 Å². The zero-order valence-electron chi connectivity index (χ0n) is 15.1. The van der Waals surface area contributed by atoms with Crippen LogP contribution >= 0.6 is 0 Å². The van der Waals surface area contributed by atoms with Gasteiger partial charge >= 0.3 is 0 Å². The second kappa shape index (κ2) is 7.92. The van der Waals surface area contributed by atoms with E-state index in [1.165, 1.54) is 0 Å². The van der Waals surface area contributed by atoms with Gasteiger partial charge in [0.25, 0.3) is 0 Å². The van der Waals surface area contributed by atoms with Crippen molar-refractivity contribution in [2.45, 2.75) is 46.2 Å². The molecule has 1 N–H and O–H groups in total. The summed E-state index contributed by atoms with van der Waals surface area (Å²) in [5.74, 6) is 1.82. The van der Waals surface area contributed by atoms with Crippen LogP contribution in [-0.4, -0.2) is 36.3 Å². The maximum atomic E-state index is 4.75. The van der Waals surface area contributed by atoms with E-state index in [-0.39, 0.29) is 6.04 Å². The van der Waals surface area contributed by atoms with Gasteiger partial charge in [-0.3, -0.25) is 4.68 Å². The predicted octanol–water partition coefficient (Wildman–Crippen LogP) is 2.92. The van der Waals surface area contributed by atoms with Crippen LogP contribution in [0.2, 0.25) is 0 Å². The highest BCUT2D eigenvalue weighted by atomic mass is 15.3. The lowest BCUT2D eigenvalue weighted by atomic mass is 10.2. The Kier molecular flexibility index (Phi) is 5.42. The molecule has 7 heteroatoms. The van der Waals surface area contributed by atoms with Crippen LogP contribution in [0.4, 0.5) is 5.82 Å². The van der Waals surface area contributed by atoms with Gasteiger partial charge in [-0.1, -0.05) is 13.8 Å². The summed E-state index contributed by atoms with van der Waals surface area (Å²) in [5, 5.41) is 4.42. The van der Waals surface area contributed by atoms with E-state index >= 15 is 0 Å². The van der Waals surface area contributed by atoms with Gasteiger partial charge in [0.15, 0.2) is 0 Å². The lowest BCUT2D eigenvalue weighted by molar-refractivity contribution is 0.433. The molecule has 0 aliphatic carbocycles. The first-order chi connectivity index (χ1) is 12.2. The Balaban J connectivity index is 1.90. The van der Waals surface area contributed by atoms with Crippen LogP contribution in [-0.2, 0) is 13.0 Å². The number of hydrogen-bond donors (Lipinski definition) is 1. The molecule has 0 bridgehead atoms. The Morgan fingerprint density at radius 2 is 2.16 bits per heavy atom. The summed E-state index contributed by atoms with van der Waals surface area (Å²) in [6, 6.07) is 4.29. The monoisotopic (exact) mass is 339 g/mol. The molecule has 0 amide bonds. The van der Waals surface area contributed by atoms with E-state index in [0.29, 0.717) is 0 Å². The second-order valence-corrected chi connectivity index (χ2v) is 6.14. The van der Waals surface area contributed by atoms with E-state index in [0.717, 1.165) is 49.0 Å². The molecule has 3 aromatic rings. The van der Waals surface area contributed by atoms with Gasteiger partial charge in [0.05, 0.1) is 24.6 Å². The summed E-state index contributed by atoms with van der Waals surface area (Å²) in [4.78, 5) is 18.9. The van der Waals surface area contributed by atoms with Gasteiger partial charge in [-0.2, -0.15) is 5.10 Å². The van der Waals surface area contributed by atoms with Gasteiger partial charge in [0.1, 0.15) is 11.6 Å². The van der Waals surface area contributed by atoms with Gasteiger partial charge in [0.2, 0.25) is 0 Å². The highest BCUT2D eigenvalue weighted by Gasteiger charge is 2.18. The van der Waals surface area contributed by atoms with Gasteiger partial charge in [-0.25, -0.2) is 15.0 Å². The van der Waals surface area contributed by atoms with Crippen LogP contribution in [0.15, 0.2) is 37.1 Å². The smallest absolute Gasteiger partial charge is 0.132 e. The average molecular weight is 339 g/mol. The molecular weight excluding hydrogens is 314 g/mol. The first kappa shape index (κ1) is 17.1. The number of imidazole rings is 1. The summed E-state index contributed by atoms with van der Waals surface area (Å²) < 4.78 is 2.02. The van der Waals surface area contributed by atoms with E-state index in [9.17, 15) is 0 Å². The van der Waals surface area contributed by atoms with Gasteiger partial charge in [0, 0.05) is 43.3 Å². The van der Waals surface area contributed by atoms with E-state index < -0.39 is 0 Å². The van der Waals surface area contributed by atoms with Crippen LogP contribution in [0.5, 0.6) is 0 Å². The fourth-order valence-corrected chi connectivity index (χ4v) is 2.90. The summed E-state index contributed by atoms with van der Waals surface area (Å²) in [5.41, 5.74) is 2.05. The Morgan fingerprint density at radius 1 is 1.28 bits per heavy atom. The molecular formula is C18H25N7. The molecule has 1 unspecified atom stereocenters. The zero-order valence-corrected chi connectivity index (χ0v) is 15.1. The summed E-state index contributed by atoms with van der Waals surface area (Å²) in [6.07, 6.45) is 9.23. The number of aromatic nitrogens is 6. The van der Waals surface area contributed by atoms with Gasteiger partial charge in [-0.15, -0.1) is 0 Å². The molecule has 0 aliphatic rings. The molecule has 25 heavy (non-hydrogen) atoms. The maximum Gasteiger partial charge on any atom is 0.132 e.